The van der Waals surface area contributed by atoms with E-state index in [0.717, 1.165) is 0 Å². The topological polar surface area (TPSA) is 44.5 Å². The van der Waals surface area contributed by atoms with Crippen LogP contribution in [0.15, 0.2) is 0 Å². The normalized spacial score (nSPS) is 16.9. The molecule has 0 aliphatic carbocycles. The Hall–Kier alpha value is 0.880. The molecule has 0 aromatic rings. The van der Waals surface area contributed by atoms with Crippen LogP contribution in [0.4, 0.5) is 0 Å². The lowest BCUT2D eigenvalue weighted by Gasteiger charge is -2.22. The van der Waals surface area contributed by atoms with E-state index in [9.17, 15) is 0 Å². The standard InChI is InChI=1S/C6H16NO2PS2/c1-5(2)8-10(11,9-7)12-6(3)4/h5-6H,7H2,1-4H3. The number of hydrogen-bond donors (Lipinski definition) is 1. The van der Waals surface area contributed by atoms with Crippen LogP contribution in [-0.4, -0.2) is 11.4 Å². The summed E-state index contributed by atoms with van der Waals surface area (Å²) in [7, 11) is 0. The molecule has 0 aromatic heterocycles. The van der Waals surface area contributed by atoms with Gasteiger partial charge in [-0.2, -0.15) is 0 Å². The van der Waals surface area contributed by atoms with Crippen molar-refractivity contribution in [1.82, 2.24) is 0 Å². The molecule has 0 heterocycles. The minimum absolute atomic E-state index is 0.0608. The van der Waals surface area contributed by atoms with E-state index < -0.39 is 5.69 Å². The molecular weight excluding hydrogens is 213 g/mol. The molecule has 0 rings (SSSR count). The van der Waals surface area contributed by atoms with Crippen LogP contribution in [-0.2, 0) is 21.0 Å². The van der Waals surface area contributed by atoms with Gasteiger partial charge in [-0.05, 0) is 25.7 Å². The van der Waals surface area contributed by atoms with Crippen molar-refractivity contribution in [3.8, 4) is 0 Å². The summed E-state index contributed by atoms with van der Waals surface area (Å²) in [6.45, 7) is 7.91. The fraction of sp³-hybridized carbons (Fsp3) is 1.00. The largest absolute Gasteiger partial charge is 0.318 e. The third-order valence-corrected chi connectivity index (χ3v) is 6.27. The molecule has 74 valence electrons. The fourth-order valence-corrected chi connectivity index (χ4v) is 6.20. The van der Waals surface area contributed by atoms with E-state index in [1.807, 2.05) is 27.7 Å². The lowest BCUT2D eigenvalue weighted by Crippen LogP contribution is -2.05. The van der Waals surface area contributed by atoms with Gasteiger partial charge in [-0.1, -0.05) is 25.2 Å². The van der Waals surface area contributed by atoms with Crippen molar-refractivity contribution in [2.75, 3.05) is 0 Å². The fourth-order valence-electron chi connectivity index (χ4n) is 0.591. The lowest BCUT2D eigenvalue weighted by molar-refractivity contribution is 0.217. The van der Waals surface area contributed by atoms with Crippen molar-refractivity contribution in [1.29, 1.82) is 0 Å². The molecule has 3 nitrogen and oxygen atoms in total. The average molecular weight is 229 g/mol. The zero-order chi connectivity index (χ0) is 9.78. The second-order valence-electron chi connectivity index (χ2n) is 2.86. The van der Waals surface area contributed by atoms with Gasteiger partial charge in [0, 0.05) is 5.25 Å². The summed E-state index contributed by atoms with van der Waals surface area (Å²) in [6.07, 6.45) is 0.0608. The minimum Gasteiger partial charge on any atom is -0.318 e. The molecule has 0 radical (unpaired) electrons. The second-order valence-corrected chi connectivity index (χ2v) is 9.54. The zero-order valence-electron chi connectivity index (χ0n) is 7.81. The molecule has 0 amide bonds. The molecule has 1 atom stereocenters. The molecule has 0 bridgehead atoms. The quantitative estimate of drug-likeness (QED) is 0.580. The van der Waals surface area contributed by atoms with E-state index >= 15 is 0 Å². The molecule has 0 aliphatic heterocycles. The first-order chi connectivity index (χ1) is 5.39. The van der Waals surface area contributed by atoms with Crippen LogP contribution in [0.1, 0.15) is 27.7 Å². The van der Waals surface area contributed by atoms with Crippen molar-refractivity contribution in [2.24, 2.45) is 5.90 Å². The van der Waals surface area contributed by atoms with Crippen LogP contribution in [0.5, 0.6) is 0 Å². The smallest absolute Gasteiger partial charge is 0.264 e. The Kier molecular flexibility index (Phi) is 5.99. The molecule has 0 aromatic carbocycles. The Balaban J connectivity index is 4.15. The number of hydrogen-bond acceptors (Lipinski definition) is 5. The van der Waals surface area contributed by atoms with E-state index in [-0.39, 0.29) is 6.10 Å². The van der Waals surface area contributed by atoms with Gasteiger partial charge >= 0.3 is 0 Å². The van der Waals surface area contributed by atoms with Gasteiger partial charge in [-0.15, -0.1) is 0 Å². The molecule has 0 saturated heterocycles. The van der Waals surface area contributed by atoms with Crippen LogP contribution in [0.2, 0.25) is 0 Å². The molecule has 0 fully saturated rings. The van der Waals surface area contributed by atoms with Crippen molar-refractivity contribution in [3.05, 3.63) is 0 Å². The summed E-state index contributed by atoms with van der Waals surface area (Å²) in [6, 6.07) is 0. The van der Waals surface area contributed by atoms with Gasteiger partial charge in [0.25, 0.3) is 5.69 Å². The predicted molar refractivity (Wildman–Crippen MR) is 58.5 cm³/mol. The summed E-state index contributed by atoms with van der Waals surface area (Å²) >= 11 is 6.65. The van der Waals surface area contributed by atoms with Crippen molar-refractivity contribution >= 4 is 28.9 Å². The van der Waals surface area contributed by atoms with Gasteiger partial charge in [-0.3, -0.25) is 0 Å². The van der Waals surface area contributed by atoms with Crippen LogP contribution < -0.4 is 5.90 Å². The molecule has 0 saturated carbocycles. The van der Waals surface area contributed by atoms with Crippen molar-refractivity contribution in [3.63, 3.8) is 0 Å². The minimum atomic E-state index is -2.28. The molecule has 0 spiro atoms. The molecule has 2 N–H and O–H groups in total. The van der Waals surface area contributed by atoms with Crippen LogP contribution in [0.3, 0.4) is 0 Å². The van der Waals surface area contributed by atoms with Gasteiger partial charge in [0.2, 0.25) is 0 Å². The monoisotopic (exact) mass is 229 g/mol. The third kappa shape index (κ3) is 5.51. The highest BCUT2D eigenvalue weighted by atomic mass is 32.9. The Morgan fingerprint density at radius 2 is 1.83 bits per heavy atom. The molecule has 1 unspecified atom stereocenters. The van der Waals surface area contributed by atoms with Gasteiger partial charge < -0.3 is 4.52 Å². The van der Waals surface area contributed by atoms with Gasteiger partial charge in [0.1, 0.15) is 0 Å². The maximum atomic E-state index is 5.44. The highest BCUT2D eigenvalue weighted by Crippen LogP contribution is 2.61. The first-order valence-electron chi connectivity index (χ1n) is 3.75. The van der Waals surface area contributed by atoms with E-state index in [2.05, 4.69) is 0 Å². The van der Waals surface area contributed by atoms with Gasteiger partial charge in [0.05, 0.1) is 6.10 Å². The summed E-state index contributed by atoms with van der Waals surface area (Å²) in [4.78, 5) is 0. The maximum Gasteiger partial charge on any atom is 0.264 e. The van der Waals surface area contributed by atoms with E-state index in [1.54, 1.807) is 0 Å². The van der Waals surface area contributed by atoms with Crippen LogP contribution in [0, 0.1) is 0 Å². The van der Waals surface area contributed by atoms with Gasteiger partial charge in [0.15, 0.2) is 0 Å². The van der Waals surface area contributed by atoms with Gasteiger partial charge in [-0.25, -0.2) is 10.5 Å². The molecule has 0 aliphatic rings. The van der Waals surface area contributed by atoms with E-state index in [0.29, 0.717) is 5.25 Å². The van der Waals surface area contributed by atoms with Crippen LogP contribution >= 0.6 is 17.1 Å². The summed E-state index contributed by atoms with van der Waals surface area (Å²) in [5.74, 6) is 5.10. The SMILES string of the molecule is CC(C)OP(=S)(ON)SC(C)C. The summed E-state index contributed by atoms with van der Waals surface area (Å²) in [5, 5.41) is 0.373. The maximum absolute atomic E-state index is 5.44. The second kappa shape index (κ2) is 5.58. The lowest BCUT2D eigenvalue weighted by atomic mass is 10.5. The molecular formula is C6H16NO2PS2. The Labute approximate surface area is 83.2 Å². The molecule has 6 heteroatoms. The van der Waals surface area contributed by atoms with Crippen molar-refractivity contribution in [2.45, 2.75) is 39.0 Å². The Bertz CT molecular complexity index is 161. The van der Waals surface area contributed by atoms with E-state index in [1.165, 1.54) is 11.4 Å². The first-order valence-corrected chi connectivity index (χ1v) is 7.87. The Morgan fingerprint density at radius 1 is 1.33 bits per heavy atom. The zero-order valence-corrected chi connectivity index (χ0v) is 10.3. The Morgan fingerprint density at radius 3 is 2.08 bits per heavy atom. The molecule has 12 heavy (non-hydrogen) atoms. The highest BCUT2D eigenvalue weighted by molar-refractivity contribution is 8.68. The van der Waals surface area contributed by atoms with E-state index in [4.69, 9.17) is 26.9 Å². The number of rotatable bonds is 5. The third-order valence-electron chi connectivity index (χ3n) is 0.809. The highest BCUT2D eigenvalue weighted by Gasteiger charge is 2.22. The predicted octanol–water partition coefficient (Wildman–Crippen LogP) is 2.67. The van der Waals surface area contributed by atoms with Crippen LogP contribution in [0.25, 0.3) is 0 Å². The summed E-state index contributed by atoms with van der Waals surface area (Å²) < 4.78 is 10.2. The van der Waals surface area contributed by atoms with Crippen molar-refractivity contribution < 1.29 is 9.15 Å². The summed E-state index contributed by atoms with van der Waals surface area (Å²) in [5.41, 5.74) is -2.28. The number of nitrogens with two attached hydrogens (primary N) is 1. The first kappa shape index (κ1) is 12.9. The average Bonchev–Trinajstić information content (AvgIpc) is 1.83.